The Balaban J connectivity index is 1.67. The first kappa shape index (κ1) is 20.6. The largest absolute Gasteiger partial charge is 0.494 e. The molecule has 0 aliphatic carbocycles. The fraction of sp³-hybridized carbons (Fsp3) is 0.286. The summed E-state index contributed by atoms with van der Waals surface area (Å²) in [5.41, 5.74) is 6.06. The lowest BCUT2D eigenvalue weighted by Gasteiger charge is -2.07. The van der Waals surface area contributed by atoms with Crippen LogP contribution in [0.25, 0.3) is 0 Å². The predicted octanol–water partition coefficient (Wildman–Crippen LogP) is 4.72. The first-order valence-corrected chi connectivity index (χ1v) is 8.73. The van der Waals surface area contributed by atoms with E-state index in [0.29, 0.717) is 19.6 Å². The number of allylic oxidation sites excluding steroid dienone is 2. The number of hydrogen-bond donors (Lipinski definition) is 1. The van der Waals surface area contributed by atoms with Crippen molar-refractivity contribution in [1.82, 2.24) is 0 Å². The summed E-state index contributed by atoms with van der Waals surface area (Å²) in [5.74, 6) is 0.802. The number of hydrogen-bond acceptors (Lipinski definition) is 3. The Morgan fingerprint density at radius 1 is 0.963 bits per heavy atom. The van der Waals surface area contributed by atoms with Crippen LogP contribution >= 0.6 is 0 Å². The number of nitrogens with two attached hydrogens (primary N) is 1. The van der Waals surface area contributed by atoms with Crippen molar-refractivity contribution in [2.75, 3.05) is 13.2 Å². The minimum absolute atomic E-state index is 0.388. The number of rotatable bonds is 9. The van der Waals surface area contributed by atoms with Crippen molar-refractivity contribution in [3.8, 4) is 5.75 Å². The average molecular weight is 376 g/mol. The lowest BCUT2D eigenvalue weighted by atomic mass is 10.1. The molecule has 0 saturated heterocycles. The Morgan fingerprint density at radius 3 is 2.30 bits per heavy atom. The van der Waals surface area contributed by atoms with E-state index >= 15 is 0 Å². The minimum atomic E-state index is -4.51. The Hall–Kier alpha value is -2.76. The molecule has 0 spiro atoms. The van der Waals surface area contributed by atoms with Crippen LogP contribution < -0.4 is 10.5 Å². The average Bonchev–Trinajstić information content (AvgIpc) is 2.66. The van der Waals surface area contributed by atoms with Gasteiger partial charge in [-0.05, 0) is 48.6 Å². The van der Waals surface area contributed by atoms with E-state index in [1.54, 1.807) is 0 Å². The SMILES string of the molecule is NC(=CC=NCCc1ccc(OCCCc2ccccc2)cc1)C(F)(F)F. The fourth-order valence-corrected chi connectivity index (χ4v) is 2.36. The Bertz CT molecular complexity index is 738. The minimum Gasteiger partial charge on any atom is -0.494 e. The standard InChI is InChI=1S/C21H23F3N2O/c22-21(23,24)20(25)13-15-26-14-12-18-8-10-19(11-9-18)27-16-4-7-17-5-2-1-3-6-17/h1-3,5-6,8-11,13,15H,4,7,12,14,16,25H2. The number of halogens is 3. The third-order valence-corrected chi connectivity index (χ3v) is 3.86. The van der Waals surface area contributed by atoms with Gasteiger partial charge in [-0.25, -0.2) is 0 Å². The normalized spacial score (nSPS) is 12.5. The van der Waals surface area contributed by atoms with Crippen molar-refractivity contribution in [3.63, 3.8) is 0 Å². The van der Waals surface area contributed by atoms with Gasteiger partial charge in [-0.15, -0.1) is 0 Å². The highest BCUT2D eigenvalue weighted by molar-refractivity contribution is 5.72. The van der Waals surface area contributed by atoms with Crippen molar-refractivity contribution < 1.29 is 17.9 Å². The van der Waals surface area contributed by atoms with E-state index in [0.717, 1.165) is 36.4 Å². The molecule has 2 aromatic rings. The van der Waals surface area contributed by atoms with E-state index in [1.807, 2.05) is 42.5 Å². The molecule has 0 aliphatic heterocycles. The van der Waals surface area contributed by atoms with Gasteiger partial charge in [0, 0.05) is 12.8 Å². The number of ether oxygens (including phenoxy) is 1. The van der Waals surface area contributed by atoms with Gasteiger partial charge in [-0.1, -0.05) is 42.5 Å². The summed E-state index contributed by atoms with van der Waals surface area (Å²) in [7, 11) is 0. The number of nitrogens with zero attached hydrogens (tertiary/aromatic N) is 1. The summed E-state index contributed by atoms with van der Waals surface area (Å²) >= 11 is 0. The van der Waals surface area contributed by atoms with Crippen LogP contribution in [0.15, 0.2) is 71.4 Å². The Kier molecular flexibility index (Phi) is 7.92. The van der Waals surface area contributed by atoms with Crippen molar-refractivity contribution >= 4 is 6.21 Å². The number of benzene rings is 2. The Morgan fingerprint density at radius 2 is 1.63 bits per heavy atom. The van der Waals surface area contributed by atoms with Gasteiger partial charge < -0.3 is 10.5 Å². The highest BCUT2D eigenvalue weighted by Gasteiger charge is 2.30. The van der Waals surface area contributed by atoms with Crippen LogP contribution in [0.1, 0.15) is 17.5 Å². The molecule has 27 heavy (non-hydrogen) atoms. The second-order valence-electron chi connectivity index (χ2n) is 6.01. The maximum atomic E-state index is 12.2. The molecule has 3 nitrogen and oxygen atoms in total. The molecule has 2 rings (SSSR count). The van der Waals surface area contributed by atoms with Gasteiger partial charge in [0.05, 0.1) is 6.61 Å². The molecule has 0 aliphatic rings. The smallest absolute Gasteiger partial charge is 0.430 e. The summed E-state index contributed by atoms with van der Waals surface area (Å²) in [6.07, 6.45) is -0.105. The second kappa shape index (κ2) is 10.4. The molecule has 0 fully saturated rings. The summed E-state index contributed by atoms with van der Waals surface area (Å²) in [4.78, 5) is 3.92. The molecule has 0 unspecified atom stereocenters. The van der Waals surface area contributed by atoms with Crippen LogP contribution in [-0.4, -0.2) is 25.5 Å². The van der Waals surface area contributed by atoms with Crippen LogP contribution in [0.4, 0.5) is 13.2 Å². The molecular formula is C21H23F3N2O. The van der Waals surface area contributed by atoms with Crippen molar-refractivity contribution in [1.29, 1.82) is 0 Å². The van der Waals surface area contributed by atoms with E-state index < -0.39 is 11.9 Å². The second-order valence-corrected chi connectivity index (χ2v) is 6.01. The molecule has 0 bridgehead atoms. The van der Waals surface area contributed by atoms with E-state index in [2.05, 4.69) is 17.1 Å². The third-order valence-electron chi connectivity index (χ3n) is 3.86. The van der Waals surface area contributed by atoms with Crippen molar-refractivity contribution in [2.24, 2.45) is 10.7 Å². The lowest BCUT2D eigenvalue weighted by Crippen LogP contribution is -2.19. The van der Waals surface area contributed by atoms with E-state index in [9.17, 15) is 13.2 Å². The molecule has 144 valence electrons. The fourth-order valence-electron chi connectivity index (χ4n) is 2.36. The first-order chi connectivity index (χ1) is 12.9. The molecule has 0 heterocycles. The summed E-state index contributed by atoms with van der Waals surface area (Å²) in [6, 6.07) is 17.9. The van der Waals surface area contributed by atoms with Crippen LogP contribution in [0, 0.1) is 0 Å². The number of alkyl halides is 3. The molecular weight excluding hydrogens is 353 g/mol. The van der Waals surface area contributed by atoms with E-state index in [1.165, 1.54) is 5.56 Å². The summed E-state index contributed by atoms with van der Waals surface area (Å²) in [5, 5.41) is 0. The maximum absolute atomic E-state index is 12.2. The maximum Gasteiger partial charge on any atom is 0.430 e. The topological polar surface area (TPSA) is 47.6 Å². The molecule has 0 saturated carbocycles. The van der Waals surface area contributed by atoms with Gasteiger partial charge in [0.2, 0.25) is 0 Å². The zero-order valence-electron chi connectivity index (χ0n) is 15.0. The lowest BCUT2D eigenvalue weighted by molar-refractivity contribution is -0.0925. The summed E-state index contributed by atoms with van der Waals surface area (Å²) < 4.78 is 42.3. The van der Waals surface area contributed by atoms with Crippen LogP contribution in [0.5, 0.6) is 5.75 Å². The monoisotopic (exact) mass is 376 g/mol. The van der Waals surface area contributed by atoms with E-state index in [4.69, 9.17) is 10.5 Å². The van der Waals surface area contributed by atoms with E-state index in [-0.39, 0.29) is 0 Å². The molecule has 0 atom stereocenters. The quantitative estimate of drug-likeness (QED) is 0.509. The molecule has 0 aromatic heterocycles. The zero-order valence-corrected chi connectivity index (χ0v) is 15.0. The van der Waals surface area contributed by atoms with Crippen LogP contribution in [0.2, 0.25) is 0 Å². The summed E-state index contributed by atoms with van der Waals surface area (Å²) in [6.45, 7) is 1.03. The highest BCUT2D eigenvalue weighted by atomic mass is 19.4. The molecule has 0 amide bonds. The predicted molar refractivity (Wildman–Crippen MR) is 102 cm³/mol. The van der Waals surface area contributed by atoms with Gasteiger partial charge >= 0.3 is 6.18 Å². The van der Waals surface area contributed by atoms with Gasteiger partial charge in [-0.2, -0.15) is 13.2 Å². The number of aryl methyl sites for hydroxylation is 1. The molecule has 0 radical (unpaired) electrons. The molecule has 2 N–H and O–H groups in total. The van der Waals surface area contributed by atoms with Gasteiger partial charge in [0.25, 0.3) is 0 Å². The van der Waals surface area contributed by atoms with Crippen molar-refractivity contribution in [2.45, 2.75) is 25.4 Å². The number of aliphatic imine (C=N–C) groups is 1. The van der Waals surface area contributed by atoms with Gasteiger partial charge in [-0.3, -0.25) is 4.99 Å². The van der Waals surface area contributed by atoms with Gasteiger partial charge in [0.1, 0.15) is 11.4 Å². The van der Waals surface area contributed by atoms with Gasteiger partial charge in [0.15, 0.2) is 0 Å². The molecule has 6 heteroatoms. The van der Waals surface area contributed by atoms with Crippen LogP contribution in [0.3, 0.4) is 0 Å². The molecule has 2 aromatic carbocycles. The van der Waals surface area contributed by atoms with Crippen LogP contribution in [-0.2, 0) is 12.8 Å². The van der Waals surface area contributed by atoms with Crippen molar-refractivity contribution in [3.05, 3.63) is 77.5 Å². The highest BCUT2D eigenvalue weighted by Crippen LogP contribution is 2.20. The first-order valence-electron chi connectivity index (χ1n) is 8.73. The third kappa shape index (κ3) is 7.98. The Labute approximate surface area is 157 Å². The zero-order chi connectivity index (χ0) is 19.5.